The normalized spacial score (nSPS) is 19.3. The van der Waals surface area contributed by atoms with E-state index in [-0.39, 0.29) is 11.9 Å². The molecule has 9 heteroatoms. The third kappa shape index (κ3) is 3.86. The lowest BCUT2D eigenvalue weighted by Gasteiger charge is -2.32. The van der Waals surface area contributed by atoms with Gasteiger partial charge >= 0.3 is 0 Å². The molecular formula is C25H27FN8. The molecular weight excluding hydrogens is 431 g/mol. The molecule has 1 aromatic carbocycles. The van der Waals surface area contributed by atoms with Gasteiger partial charge in [-0.2, -0.15) is 0 Å². The molecule has 6 rings (SSSR count). The number of pyridine rings is 1. The highest BCUT2D eigenvalue weighted by Gasteiger charge is 2.28. The average molecular weight is 459 g/mol. The maximum absolute atomic E-state index is 13.9. The van der Waals surface area contributed by atoms with E-state index >= 15 is 0 Å². The Morgan fingerprint density at radius 1 is 0.912 bits per heavy atom. The predicted molar refractivity (Wildman–Crippen MR) is 130 cm³/mol. The van der Waals surface area contributed by atoms with Crippen LogP contribution in [0.5, 0.6) is 0 Å². The van der Waals surface area contributed by atoms with Gasteiger partial charge in [0.25, 0.3) is 0 Å². The Labute approximate surface area is 197 Å². The SMILES string of the molecule is NN1CCN(c2cccc(-c3cnc4ccc(N5CCCC5c5cccc(F)c5)nn34)n2)CC1. The molecule has 174 valence electrons. The molecule has 2 N–H and O–H groups in total. The lowest BCUT2D eigenvalue weighted by atomic mass is 10.0. The summed E-state index contributed by atoms with van der Waals surface area (Å²) in [5.74, 6) is 7.49. The standard InChI is InChI=1S/C25H27FN8/c26-19-5-1-4-18(16-19)21-7-3-11-33(21)25-10-9-23-28-17-22(34(23)30-25)20-6-2-8-24(29-20)31-12-14-32(27)15-13-31/h1-2,4-6,8-10,16-17,21H,3,7,11-15,27H2. The molecule has 2 saturated heterocycles. The molecule has 1 atom stereocenters. The van der Waals surface area contributed by atoms with Gasteiger partial charge in [-0.3, -0.25) is 5.84 Å². The van der Waals surface area contributed by atoms with Crippen LogP contribution in [-0.4, -0.2) is 57.3 Å². The first-order chi connectivity index (χ1) is 16.7. The molecule has 0 spiro atoms. The van der Waals surface area contributed by atoms with E-state index in [1.165, 1.54) is 6.07 Å². The molecule has 1 unspecified atom stereocenters. The molecule has 0 bridgehead atoms. The Hall–Kier alpha value is -3.56. The van der Waals surface area contributed by atoms with E-state index in [9.17, 15) is 4.39 Å². The van der Waals surface area contributed by atoms with E-state index in [2.05, 4.69) is 14.8 Å². The highest BCUT2D eigenvalue weighted by atomic mass is 19.1. The van der Waals surface area contributed by atoms with Crippen LogP contribution in [0.4, 0.5) is 16.0 Å². The van der Waals surface area contributed by atoms with Crippen molar-refractivity contribution in [3.05, 3.63) is 72.2 Å². The molecule has 3 aromatic heterocycles. The van der Waals surface area contributed by atoms with Crippen LogP contribution in [-0.2, 0) is 0 Å². The van der Waals surface area contributed by atoms with Crippen LogP contribution in [0.15, 0.2) is 60.8 Å². The zero-order valence-corrected chi connectivity index (χ0v) is 18.9. The number of nitrogens with zero attached hydrogens (tertiary/aromatic N) is 7. The summed E-state index contributed by atoms with van der Waals surface area (Å²) >= 11 is 0. The number of imidazole rings is 1. The first kappa shape index (κ1) is 21.0. The van der Waals surface area contributed by atoms with Crippen molar-refractivity contribution < 1.29 is 4.39 Å². The van der Waals surface area contributed by atoms with Gasteiger partial charge in [0.2, 0.25) is 0 Å². The van der Waals surface area contributed by atoms with E-state index in [1.54, 1.807) is 12.1 Å². The molecule has 34 heavy (non-hydrogen) atoms. The summed E-state index contributed by atoms with van der Waals surface area (Å²) in [4.78, 5) is 14.0. The van der Waals surface area contributed by atoms with Gasteiger partial charge in [0.05, 0.1) is 17.9 Å². The van der Waals surface area contributed by atoms with Crippen molar-refractivity contribution in [2.75, 3.05) is 42.5 Å². The van der Waals surface area contributed by atoms with Crippen LogP contribution in [0.1, 0.15) is 24.4 Å². The summed E-state index contributed by atoms with van der Waals surface area (Å²) in [6.45, 7) is 4.20. The molecule has 5 heterocycles. The first-order valence-electron chi connectivity index (χ1n) is 11.7. The second kappa shape index (κ2) is 8.66. The fourth-order valence-corrected chi connectivity index (χ4v) is 4.99. The van der Waals surface area contributed by atoms with Crippen LogP contribution >= 0.6 is 0 Å². The van der Waals surface area contributed by atoms with Crippen LogP contribution in [0.3, 0.4) is 0 Å². The number of nitrogens with two attached hydrogens (primary N) is 1. The Balaban J connectivity index is 1.34. The molecule has 0 radical (unpaired) electrons. The molecule has 4 aromatic rings. The van der Waals surface area contributed by atoms with Gasteiger partial charge in [-0.05, 0) is 54.8 Å². The van der Waals surface area contributed by atoms with Crippen LogP contribution in [0.25, 0.3) is 17.0 Å². The third-order valence-electron chi connectivity index (χ3n) is 6.76. The summed E-state index contributed by atoms with van der Waals surface area (Å²) in [6, 6.07) is 17.0. The van der Waals surface area contributed by atoms with Gasteiger partial charge in [-0.1, -0.05) is 18.2 Å². The highest BCUT2D eigenvalue weighted by Crippen LogP contribution is 2.35. The fraction of sp³-hybridized carbons (Fsp3) is 0.320. The Bertz CT molecular complexity index is 1310. The lowest BCUT2D eigenvalue weighted by Crippen LogP contribution is -2.49. The number of benzene rings is 1. The number of hydrazine groups is 1. The third-order valence-corrected chi connectivity index (χ3v) is 6.76. The maximum Gasteiger partial charge on any atom is 0.154 e. The van der Waals surface area contributed by atoms with Crippen LogP contribution < -0.4 is 15.6 Å². The van der Waals surface area contributed by atoms with Gasteiger partial charge in [0.15, 0.2) is 5.65 Å². The number of fused-ring (bicyclic) bond motifs is 1. The zero-order chi connectivity index (χ0) is 23.1. The molecule has 8 nitrogen and oxygen atoms in total. The summed E-state index contributed by atoms with van der Waals surface area (Å²) in [5, 5.41) is 6.79. The smallest absolute Gasteiger partial charge is 0.154 e. The predicted octanol–water partition coefficient (Wildman–Crippen LogP) is 3.27. The van der Waals surface area contributed by atoms with Gasteiger partial charge in [0, 0.05) is 32.7 Å². The number of rotatable bonds is 4. The Morgan fingerprint density at radius 2 is 1.76 bits per heavy atom. The molecule has 2 aliphatic rings. The Kier molecular flexibility index (Phi) is 5.35. The topological polar surface area (TPSA) is 78.8 Å². The van der Waals surface area contributed by atoms with Crippen molar-refractivity contribution in [3.8, 4) is 11.4 Å². The number of hydrogen-bond donors (Lipinski definition) is 1. The number of anilines is 2. The minimum absolute atomic E-state index is 0.107. The van der Waals surface area contributed by atoms with Crippen molar-refractivity contribution in [1.82, 2.24) is 24.6 Å². The van der Waals surface area contributed by atoms with Gasteiger partial charge in [0.1, 0.15) is 23.1 Å². The zero-order valence-electron chi connectivity index (χ0n) is 18.9. The van der Waals surface area contributed by atoms with Crippen molar-refractivity contribution in [3.63, 3.8) is 0 Å². The largest absolute Gasteiger partial charge is 0.354 e. The van der Waals surface area contributed by atoms with E-state index < -0.39 is 0 Å². The van der Waals surface area contributed by atoms with E-state index in [1.807, 2.05) is 52.1 Å². The fourth-order valence-electron chi connectivity index (χ4n) is 4.99. The number of hydrogen-bond acceptors (Lipinski definition) is 7. The minimum atomic E-state index is -0.205. The molecule has 2 fully saturated rings. The van der Waals surface area contributed by atoms with E-state index in [0.29, 0.717) is 0 Å². The van der Waals surface area contributed by atoms with Crippen molar-refractivity contribution in [1.29, 1.82) is 0 Å². The monoisotopic (exact) mass is 458 g/mol. The molecule has 2 aliphatic heterocycles. The quantitative estimate of drug-likeness (QED) is 0.470. The Morgan fingerprint density at radius 3 is 2.62 bits per heavy atom. The van der Waals surface area contributed by atoms with Crippen LogP contribution in [0, 0.1) is 5.82 Å². The molecule has 0 saturated carbocycles. The van der Waals surface area contributed by atoms with Gasteiger partial charge in [-0.15, -0.1) is 5.10 Å². The molecule has 0 aliphatic carbocycles. The molecule has 0 amide bonds. The number of piperazine rings is 1. The average Bonchev–Trinajstić information content (AvgIpc) is 3.52. The van der Waals surface area contributed by atoms with E-state index in [0.717, 1.165) is 79.8 Å². The highest BCUT2D eigenvalue weighted by molar-refractivity contribution is 5.62. The first-order valence-corrected chi connectivity index (χ1v) is 11.7. The summed E-state index contributed by atoms with van der Waals surface area (Å²) in [5.41, 5.74) is 3.42. The van der Waals surface area contributed by atoms with Crippen molar-refractivity contribution >= 4 is 17.3 Å². The second-order valence-electron chi connectivity index (χ2n) is 8.92. The summed E-state index contributed by atoms with van der Waals surface area (Å²) < 4.78 is 15.7. The summed E-state index contributed by atoms with van der Waals surface area (Å²) in [6.07, 6.45) is 3.83. The van der Waals surface area contributed by atoms with Crippen molar-refractivity contribution in [2.45, 2.75) is 18.9 Å². The number of aromatic nitrogens is 4. The minimum Gasteiger partial charge on any atom is -0.354 e. The van der Waals surface area contributed by atoms with Crippen LogP contribution in [0.2, 0.25) is 0 Å². The number of halogens is 1. The second-order valence-corrected chi connectivity index (χ2v) is 8.92. The maximum atomic E-state index is 13.9. The van der Waals surface area contributed by atoms with Gasteiger partial charge in [-0.25, -0.2) is 23.9 Å². The van der Waals surface area contributed by atoms with Crippen molar-refractivity contribution in [2.24, 2.45) is 5.84 Å². The summed E-state index contributed by atoms with van der Waals surface area (Å²) in [7, 11) is 0. The van der Waals surface area contributed by atoms with E-state index in [4.69, 9.17) is 15.9 Å². The lowest BCUT2D eigenvalue weighted by molar-refractivity contribution is 0.265. The van der Waals surface area contributed by atoms with Gasteiger partial charge < -0.3 is 9.80 Å².